The van der Waals surface area contributed by atoms with Gasteiger partial charge in [-0.3, -0.25) is 4.79 Å². The first-order valence-corrected chi connectivity index (χ1v) is 10.3. The molecule has 0 spiro atoms. The number of anilines is 1. The average molecular weight is 412 g/mol. The third kappa shape index (κ3) is 3.67. The van der Waals surface area contributed by atoms with Crippen LogP contribution in [0, 0.1) is 0 Å². The second-order valence-corrected chi connectivity index (χ2v) is 7.87. The number of nitrogens with one attached hydrogen (secondary N) is 1. The molecule has 8 heteroatoms. The van der Waals surface area contributed by atoms with Gasteiger partial charge in [-0.15, -0.1) is 0 Å². The Bertz CT molecular complexity index is 909. The van der Waals surface area contributed by atoms with E-state index in [-0.39, 0.29) is 11.8 Å². The fourth-order valence-corrected chi connectivity index (χ4v) is 4.33. The molecule has 1 saturated heterocycles. The quantitative estimate of drug-likeness (QED) is 0.808. The molecule has 1 aromatic heterocycles. The zero-order chi connectivity index (χ0) is 21.3. The van der Waals surface area contributed by atoms with Crippen LogP contribution in [0.2, 0.25) is 0 Å². The number of ether oxygens (including phenoxy) is 2. The van der Waals surface area contributed by atoms with Crippen molar-refractivity contribution < 1.29 is 14.3 Å². The predicted molar refractivity (Wildman–Crippen MR) is 114 cm³/mol. The molecule has 1 atom stereocenters. The molecule has 3 heterocycles. The maximum Gasteiger partial charge on any atom is 0.261 e. The monoisotopic (exact) mass is 411 g/mol. The Morgan fingerprint density at radius 1 is 1.17 bits per heavy atom. The fourth-order valence-electron chi connectivity index (χ4n) is 4.33. The number of likely N-dealkylation sites (N-methyl/N-ethyl adjacent to an activating group) is 1. The van der Waals surface area contributed by atoms with Crippen molar-refractivity contribution in [1.29, 1.82) is 0 Å². The van der Waals surface area contributed by atoms with Gasteiger partial charge in [-0.1, -0.05) is 6.07 Å². The van der Waals surface area contributed by atoms with Crippen LogP contribution >= 0.6 is 0 Å². The number of nitrogens with zero attached hydrogens (tertiary/aromatic N) is 4. The summed E-state index contributed by atoms with van der Waals surface area (Å²) in [7, 11) is 7.15. The highest BCUT2D eigenvalue weighted by molar-refractivity contribution is 6.00. The number of likely N-dealkylation sites (tertiary alicyclic amines) is 1. The number of carbonyl (C=O) groups excluding carboxylic acids is 1. The van der Waals surface area contributed by atoms with Gasteiger partial charge in [0.1, 0.15) is 28.7 Å². The third-order valence-corrected chi connectivity index (χ3v) is 5.99. The van der Waals surface area contributed by atoms with E-state index in [1.807, 2.05) is 18.0 Å². The molecule has 8 nitrogen and oxygen atoms in total. The summed E-state index contributed by atoms with van der Waals surface area (Å²) in [6.45, 7) is 3.09. The highest BCUT2D eigenvalue weighted by Crippen LogP contribution is 2.34. The van der Waals surface area contributed by atoms with E-state index in [1.165, 1.54) is 5.56 Å². The van der Waals surface area contributed by atoms with Gasteiger partial charge in [-0.05, 0) is 25.6 Å². The van der Waals surface area contributed by atoms with E-state index < -0.39 is 0 Å². The fraction of sp³-hybridized carbons (Fsp3) is 0.500. The van der Waals surface area contributed by atoms with Crippen LogP contribution in [0.5, 0.6) is 11.5 Å². The van der Waals surface area contributed by atoms with E-state index in [0.29, 0.717) is 30.2 Å². The molecule has 160 valence electrons. The first-order chi connectivity index (χ1) is 14.5. The van der Waals surface area contributed by atoms with E-state index >= 15 is 0 Å². The molecule has 2 aliphatic heterocycles. The van der Waals surface area contributed by atoms with Gasteiger partial charge in [0, 0.05) is 51.1 Å². The molecule has 1 amide bonds. The lowest BCUT2D eigenvalue weighted by atomic mass is 10.0. The minimum atomic E-state index is -0.0831. The first kappa shape index (κ1) is 20.4. The number of hydrogen-bond acceptors (Lipinski definition) is 7. The lowest BCUT2D eigenvalue weighted by Crippen LogP contribution is -2.30. The Morgan fingerprint density at radius 3 is 2.57 bits per heavy atom. The molecule has 0 radical (unpaired) electrons. The minimum Gasteiger partial charge on any atom is -0.496 e. The van der Waals surface area contributed by atoms with Crippen molar-refractivity contribution in [2.75, 3.05) is 53.3 Å². The maximum absolute atomic E-state index is 13.3. The summed E-state index contributed by atoms with van der Waals surface area (Å²) in [6.07, 6.45) is 1.76. The van der Waals surface area contributed by atoms with Crippen LogP contribution in [0.25, 0.3) is 0 Å². The predicted octanol–water partition coefficient (Wildman–Crippen LogP) is 2.15. The number of hydrogen-bond donors (Lipinski definition) is 1. The molecule has 4 rings (SSSR count). The highest BCUT2D eigenvalue weighted by Gasteiger charge is 2.33. The largest absolute Gasteiger partial charge is 0.496 e. The second-order valence-electron chi connectivity index (χ2n) is 7.87. The van der Waals surface area contributed by atoms with Crippen molar-refractivity contribution in [3.05, 3.63) is 40.8 Å². The van der Waals surface area contributed by atoms with Gasteiger partial charge in [0.05, 0.1) is 19.9 Å². The van der Waals surface area contributed by atoms with Crippen LogP contribution in [0.1, 0.15) is 39.8 Å². The molecule has 2 aliphatic rings. The normalized spacial score (nSPS) is 18.8. The highest BCUT2D eigenvalue weighted by atomic mass is 16.5. The number of amides is 1. The Morgan fingerprint density at radius 2 is 1.90 bits per heavy atom. The Kier molecular flexibility index (Phi) is 5.76. The number of rotatable bonds is 5. The Balaban J connectivity index is 1.58. The van der Waals surface area contributed by atoms with Gasteiger partial charge in [0.15, 0.2) is 0 Å². The molecule has 0 saturated carbocycles. The number of methoxy groups -OCH3 is 2. The second kappa shape index (κ2) is 8.47. The van der Waals surface area contributed by atoms with E-state index in [2.05, 4.69) is 17.3 Å². The maximum atomic E-state index is 13.3. The van der Waals surface area contributed by atoms with E-state index in [0.717, 1.165) is 43.3 Å². The lowest BCUT2D eigenvalue weighted by Gasteiger charge is -2.26. The molecule has 30 heavy (non-hydrogen) atoms. The summed E-state index contributed by atoms with van der Waals surface area (Å²) < 4.78 is 10.8. The summed E-state index contributed by atoms with van der Waals surface area (Å²) in [5, 5.41) is 3.24. The molecular weight excluding hydrogens is 382 g/mol. The SMILES string of the molecule is CNc1nc(C2CCN(C(=O)c3c(OC)cccc3OC)C2)nc2c1CN(C)CC2. The van der Waals surface area contributed by atoms with Gasteiger partial charge in [-0.25, -0.2) is 9.97 Å². The number of benzene rings is 1. The van der Waals surface area contributed by atoms with Crippen LogP contribution in [0.15, 0.2) is 18.2 Å². The van der Waals surface area contributed by atoms with Gasteiger partial charge in [0.25, 0.3) is 5.91 Å². The summed E-state index contributed by atoms with van der Waals surface area (Å²) >= 11 is 0. The average Bonchev–Trinajstić information content (AvgIpc) is 3.27. The molecule has 1 aromatic carbocycles. The van der Waals surface area contributed by atoms with Crippen molar-refractivity contribution in [3.8, 4) is 11.5 Å². The summed E-state index contributed by atoms with van der Waals surface area (Å²) in [6, 6.07) is 5.39. The zero-order valence-electron chi connectivity index (χ0n) is 18.1. The molecule has 0 aliphatic carbocycles. The molecule has 1 unspecified atom stereocenters. The van der Waals surface area contributed by atoms with Gasteiger partial charge in [0.2, 0.25) is 0 Å². The van der Waals surface area contributed by atoms with Crippen LogP contribution in [0.3, 0.4) is 0 Å². The molecule has 1 N–H and O–H groups in total. The van der Waals surface area contributed by atoms with Gasteiger partial charge < -0.3 is 24.6 Å². The molecule has 1 fully saturated rings. The minimum absolute atomic E-state index is 0.0831. The van der Waals surface area contributed by atoms with E-state index in [9.17, 15) is 4.79 Å². The third-order valence-electron chi connectivity index (χ3n) is 5.99. The van der Waals surface area contributed by atoms with Crippen molar-refractivity contribution in [3.63, 3.8) is 0 Å². The topological polar surface area (TPSA) is 79.8 Å². The standard InChI is InChI=1S/C22H29N5O3/c1-23-21-15-13-26(2)10-9-16(15)24-20(25-21)14-8-11-27(12-14)22(28)19-17(29-3)6-5-7-18(19)30-4/h5-7,14H,8-13H2,1-4H3,(H,23,24,25). The smallest absolute Gasteiger partial charge is 0.261 e. The van der Waals surface area contributed by atoms with Crippen molar-refractivity contribution in [2.45, 2.75) is 25.3 Å². The Labute approximate surface area is 177 Å². The summed E-state index contributed by atoms with van der Waals surface area (Å²) in [5.74, 6) is 2.80. The van der Waals surface area contributed by atoms with Crippen LogP contribution in [0.4, 0.5) is 5.82 Å². The number of fused-ring (bicyclic) bond motifs is 1. The summed E-state index contributed by atoms with van der Waals surface area (Å²) in [4.78, 5) is 27.1. The molecule has 2 aromatic rings. The van der Waals surface area contributed by atoms with Crippen molar-refractivity contribution >= 4 is 11.7 Å². The van der Waals surface area contributed by atoms with Crippen molar-refractivity contribution in [1.82, 2.24) is 19.8 Å². The van der Waals surface area contributed by atoms with Crippen molar-refractivity contribution in [2.24, 2.45) is 0 Å². The Hall–Kier alpha value is -2.87. The van der Waals surface area contributed by atoms with E-state index in [1.54, 1.807) is 26.4 Å². The zero-order valence-corrected chi connectivity index (χ0v) is 18.1. The van der Waals surface area contributed by atoms with Crippen LogP contribution in [-0.2, 0) is 13.0 Å². The van der Waals surface area contributed by atoms with Gasteiger partial charge >= 0.3 is 0 Å². The molecular formula is C22H29N5O3. The number of aromatic nitrogens is 2. The summed E-state index contributed by atoms with van der Waals surface area (Å²) in [5.41, 5.74) is 2.77. The van der Waals surface area contributed by atoms with Crippen LogP contribution in [-0.4, -0.2) is 73.6 Å². The first-order valence-electron chi connectivity index (χ1n) is 10.3. The van der Waals surface area contributed by atoms with E-state index in [4.69, 9.17) is 19.4 Å². The van der Waals surface area contributed by atoms with Gasteiger partial charge in [-0.2, -0.15) is 0 Å². The molecule has 0 bridgehead atoms. The number of carbonyl (C=O) groups is 1. The van der Waals surface area contributed by atoms with Crippen LogP contribution < -0.4 is 14.8 Å². The lowest BCUT2D eigenvalue weighted by molar-refractivity contribution is 0.0783.